The van der Waals surface area contributed by atoms with Crippen LogP contribution in [-0.2, 0) is 11.4 Å². The number of rotatable bonds is 6. The van der Waals surface area contributed by atoms with Gasteiger partial charge in [-0.3, -0.25) is 4.79 Å². The van der Waals surface area contributed by atoms with Gasteiger partial charge < -0.3 is 9.84 Å². The van der Waals surface area contributed by atoms with E-state index in [-0.39, 0.29) is 13.0 Å². The second kappa shape index (κ2) is 8.56. The molecule has 0 heterocycles. The predicted octanol–water partition coefficient (Wildman–Crippen LogP) is 6.35. The molecule has 0 atom stereocenters. The van der Waals surface area contributed by atoms with Crippen LogP contribution in [0.1, 0.15) is 35.6 Å². The van der Waals surface area contributed by atoms with Gasteiger partial charge in [0.1, 0.15) is 24.0 Å². The molecular formula is C26H20F2O3. The normalized spacial score (nSPS) is 14.1. The first-order valence-corrected chi connectivity index (χ1v) is 9.82. The Bertz CT molecular complexity index is 1210. The number of carboxylic acids is 1. The van der Waals surface area contributed by atoms with E-state index in [1.54, 1.807) is 12.1 Å². The van der Waals surface area contributed by atoms with Crippen molar-refractivity contribution in [2.45, 2.75) is 20.0 Å². The Morgan fingerprint density at radius 2 is 1.68 bits per heavy atom. The number of aliphatic carboxylic acids is 1. The van der Waals surface area contributed by atoms with Gasteiger partial charge in [-0.25, -0.2) is 8.78 Å². The number of carboxylic acid groups (broad SMARTS) is 1. The lowest BCUT2D eigenvalue weighted by atomic mass is 10.00. The first-order chi connectivity index (χ1) is 14.9. The number of allylic oxidation sites excluding steroid dienone is 2. The van der Waals surface area contributed by atoms with Crippen molar-refractivity contribution in [3.63, 3.8) is 0 Å². The molecule has 1 N–H and O–H groups in total. The highest BCUT2D eigenvalue weighted by Crippen LogP contribution is 2.44. The molecule has 1 aliphatic rings. The molecule has 4 rings (SSSR count). The van der Waals surface area contributed by atoms with E-state index in [1.807, 2.05) is 43.3 Å². The Morgan fingerprint density at radius 3 is 2.42 bits per heavy atom. The molecule has 0 radical (unpaired) electrons. The van der Waals surface area contributed by atoms with Gasteiger partial charge in [0.25, 0.3) is 0 Å². The van der Waals surface area contributed by atoms with Crippen LogP contribution in [0.2, 0.25) is 0 Å². The fourth-order valence-corrected chi connectivity index (χ4v) is 3.78. The highest BCUT2D eigenvalue weighted by atomic mass is 19.1. The lowest BCUT2D eigenvalue weighted by molar-refractivity contribution is -0.135. The van der Waals surface area contributed by atoms with E-state index in [4.69, 9.17) is 4.74 Å². The number of carbonyl (C=O) groups is 1. The van der Waals surface area contributed by atoms with Gasteiger partial charge in [-0.15, -0.1) is 0 Å². The number of halogens is 2. The van der Waals surface area contributed by atoms with Gasteiger partial charge in [0, 0.05) is 11.6 Å². The smallest absolute Gasteiger partial charge is 0.307 e. The molecule has 0 amide bonds. The molecule has 0 spiro atoms. The summed E-state index contributed by atoms with van der Waals surface area (Å²) in [6, 6.07) is 18.2. The lowest BCUT2D eigenvalue weighted by Crippen LogP contribution is -1.98. The molecular weight excluding hydrogens is 398 g/mol. The molecule has 3 aromatic rings. The van der Waals surface area contributed by atoms with Crippen molar-refractivity contribution in [2.24, 2.45) is 0 Å². The summed E-state index contributed by atoms with van der Waals surface area (Å²) < 4.78 is 33.7. The van der Waals surface area contributed by atoms with Crippen molar-refractivity contribution < 1.29 is 23.4 Å². The first kappa shape index (κ1) is 20.5. The van der Waals surface area contributed by atoms with Crippen LogP contribution in [0, 0.1) is 11.6 Å². The monoisotopic (exact) mass is 418 g/mol. The molecule has 0 aliphatic heterocycles. The molecule has 156 valence electrons. The second-order valence-corrected chi connectivity index (χ2v) is 7.38. The molecule has 0 fully saturated rings. The first-order valence-electron chi connectivity index (χ1n) is 9.82. The number of benzene rings is 3. The van der Waals surface area contributed by atoms with Crippen LogP contribution >= 0.6 is 0 Å². The Labute approximate surface area is 178 Å². The summed E-state index contributed by atoms with van der Waals surface area (Å²) in [7, 11) is 0. The minimum Gasteiger partial charge on any atom is -0.488 e. The van der Waals surface area contributed by atoms with E-state index >= 15 is 0 Å². The van der Waals surface area contributed by atoms with Crippen molar-refractivity contribution in [2.75, 3.05) is 0 Å². The Morgan fingerprint density at radius 1 is 0.968 bits per heavy atom. The van der Waals surface area contributed by atoms with Crippen LogP contribution in [0.4, 0.5) is 8.78 Å². The number of ether oxygens (including phenoxy) is 1. The molecule has 31 heavy (non-hydrogen) atoms. The number of hydrogen-bond donors (Lipinski definition) is 1. The molecule has 0 unspecified atom stereocenters. The van der Waals surface area contributed by atoms with Crippen LogP contribution in [0.5, 0.6) is 5.75 Å². The van der Waals surface area contributed by atoms with E-state index in [2.05, 4.69) is 0 Å². The maximum absolute atomic E-state index is 13.9. The Kier molecular flexibility index (Phi) is 5.67. The van der Waals surface area contributed by atoms with E-state index in [1.165, 1.54) is 24.3 Å². The summed E-state index contributed by atoms with van der Waals surface area (Å²) in [6.45, 7) is 2.09. The molecule has 0 bridgehead atoms. The minimum absolute atomic E-state index is 0.208. The van der Waals surface area contributed by atoms with Gasteiger partial charge in [0.15, 0.2) is 0 Å². The fraction of sp³-hybridized carbons (Fsp3) is 0.115. The van der Waals surface area contributed by atoms with Crippen molar-refractivity contribution in [3.8, 4) is 5.75 Å². The molecule has 0 aromatic heterocycles. The standard InChI is InChI=1S/C26H20F2O3/c1-16-22(21-10-9-19(27)12-24(21)23(16)14-26(29)30)11-18-7-8-20(28)13-25(18)31-15-17-5-3-2-4-6-17/h2-13H,14-15H2,1H3,(H,29,30)/b22-11+. The third-order valence-corrected chi connectivity index (χ3v) is 5.29. The van der Waals surface area contributed by atoms with Crippen molar-refractivity contribution >= 4 is 23.2 Å². The molecule has 3 nitrogen and oxygen atoms in total. The fourth-order valence-electron chi connectivity index (χ4n) is 3.78. The maximum atomic E-state index is 13.9. The maximum Gasteiger partial charge on any atom is 0.307 e. The average molecular weight is 418 g/mol. The third-order valence-electron chi connectivity index (χ3n) is 5.29. The van der Waals surface area contributed by atoms with Crippen molar-refractivity contribution in [3.05, 3.63) is 106 Å². The Balaban J connectivity index is 1.76. The largest absolute Gasteiger partial charge is 0.488 e. The van der Waals surface area contributed by atoms with Crippen LogP contribution < -0.4 is 4.74 Å². The van der Waals surface area contributed by atoms with Gasteiger partial charge in [-0.05, 0) is 70.7 Å². The van der Waals surface area contributed by atoms with Gasteiger partial charge in [0.2, 0.25) is 0 Å². The Hall–Kier alpha value is -3.73. The summed E-state index contributed by atoms with van der Waals surface area (Å²) >= 11 is 0. The highest BCUT2D eigenvalue weighted by molar-refractivity contribution is 6.07. The average Bonchev–Trinajstić information content (AvgIpc) is 2.99. The third kappa shape index (κ3) is 4.40. The summed E-state index contributed by atoms with van der Waals surface area (Å²) in [6.07, 6.45) is 1.63. The van der Waals surface area contributed by atoms with Gasteiger partial charge >= 0.3 is 5.97 Å². The van der Waals surface area contributed by atoms with E-state index in [0.717, 1.165) is 22.3 Å². The molecule has 5 heteroatoms. The van der Waals surface area contributed by atoms with Crippen LogP contribution in [-0.4, -0.2) is 11.1 Å². The van der Waals surface area contributed by atoms with E-state index in [9.17, 15) is 18.7 Å². The molecule has 1 aliphatic carbocycles. The quantitative estimate of drug-likeness (QED) is 0.508. The predicted molar refractivity (Wildman–Crippen MR) is 116 cm³/mol. The molecule has 0 saturated carbocycles. The zero-order chi connectivity index (χ0) is 22.0. The van der Waals surface area contributed by atoms with Crippen LogP contribution in [0.15, 0.2) is 72.3 Å². The second-order valence-electron chi connectivity index (χ2n) is 7.38. The summed E-state index contributed by atoms with van der Waals surface area (Å²) in [5.41, 5.74) is 5.00. The van der Waals surface area contributed by atoms with Crippen molar-refractivity contribution in [1.29, 1.82) is 0 Å². The van der Waals surface area contributed by atoms with Gasteiger partial charge in [-0.1, -0.05) is 36.4 Å². The molecule has 0 saturated heterocycles. The summed E-state index contributed by atoms with van der Waals surface area (Å²) in [5.74, 6) is -1.46. The van der Waals surface area contributed by atoms with Crippen LogP contribution in [0.25, 0.3) is 17.2 Å². The topological polar surface area (TPSA) is 46.5 Å². The zero-order valence-electron chi connectivity index (χ0n) is 16.9. The summed E-state index contributed by atoms with van der Waals surface area (Å²) in [5, 5.41) is 9.31. The van der Waals surface area contributed by atoms with Gasteiger partial charge in [0.05, 0.1) is 6.42 Å². The summed E-state index contributed by atoms with van der Waals surface area (Å²) in [4.78, 5) is 11.4. The number of fused-ring (bicyclic) bond motifs is 1. The number of hydrogen-bond acceptors (Lipinski definition) is 2. The lowest BCUT2D eigenvalue weighted by Gasteiger charge is -2.11. The highest BCUT2D eigenvalue weighted by Gasteiger charge is 2.26. The van der Waals surface area contributed by atoms with Crippen molar-refractivity contribution in [1.82, 2.24) is 0 Å². The van der Waals surface area contributed by atoms with E-state index < -0.39 is 17.6 Å². The zero-order valence-corrected chi connectivity index (χ0v) is 16.9. The molecule has 3 aromatic carbocycles. The van der Waals surface area contributed by atoms with E-state index in [0.29, 0.717) is 22.4 Å². The van der Waals surface area contributed by atoms with Gasteiger partial charge in [-0.2, -0.15) is 0 Å². The SMILES string of the molecule is CC1=C(CC(=O)O)c2cc(F)ccc2/C1=C/c1ccc(F)cc1OCc1ccccc1. The minimum atomic E-state index is -0.987. The van der Waals surface area contributed by atoms with Crippen LogP contribution in [0.3, 0.4) is 0 Å².